The lowest BCUT2D eigenvalue weighted by Crippen LogP contribution is -2.35. The van der Waals surface area contributed by atoms with Gasteiger partial charge in [-0.1, -0.05) is 6.07 Å². The number of aromatic nitrogens is 1. The monoisotopic (exact) mass is 365 g/mol. The van der Waals surface area contributed by atoms with Crippen LogP contribution in [0.5, 0.6) is 0 Å². The largest absolute Gasteiger partial charge is 0.362 e. The van der Waals surface area contributed by atoms with Crippen LogP contribution in [0, 0.1) is 0 Å². The fraction of sp³-hybridized carbons (Fsp3) is 0.250. The molecule has 1 aliphatic carbocycles. The Morgan fingerprint density at radius 2 is 2.19 bits per heavy atom. The van der Waals surface area contributed by atoms with Crippen LogP contribution in [0.1, 0.15) is 37.0 Å². The lowest BCUT2D eigenvalue weighted by atomic mass is 9.77. The van der Waals surface area contributed by atoms with E-state index < -0.39 is 0 Å². The lowest BCUT2D eigenvalue weighted by molar-refractivity contribution is -0.116. The average Bonchev–Trinajstić information content (AvgIpc) is 3.16. The first-order valence-corrected chi connectivity index (χ1v) is 9.52. The quantitative estimate of drug-likeness (QED) is 0.869. The second kappa shape index (κ2) is 6.88. The van der Waals surface area contributed by atoms with Crippen LogP contribution >= 0.6 is 11.3 Å². The fourth-order valence-electron chi connectivity index (χ4n) is 3.66. The van der Waals surface area contributed by atoms with Crippen LogP contribution in [-0.2, 0) is 9.59 Å². The second-order valence-electron chi connectivity index (χ2n) is 6.48. The number of hydrogen-bond donors (Lipinski definition) is 2. The Hall–Kier alpha value is -2.73. The van der Waals surface area contributed by atoms with Gasteiger partial charge in [0.2, 0.25) is 0 Å². The molecule has 2 aromatic heterocycles. The number of dihydropyridines is 1. The van der Waals surface area contributed by atoms with Crippen molar-refractivity contribution >= 4 is 28.7 Å². The normalized spacial score (nSPS) is 19.9. The molecule has 1 aliphatic heterocycles. The minimum atomic E-state index is -0.310. The molecule has 6 heteroatoms. The first kappa shape index (κ1) is 16.7. The summed E-state index contributed by atoms with van der Waals surface area (Å²) in [4.78, 5) is 30.9. The Morgan fingerprint density at radius 3 is 2.92 bits per heavy atom. The van der Waals surface area contributed by atoms with Gasteiger partial charge in [-0.3, -0.25) is 14.6 Å². The van der Waals surface area contributed by atoms with Gasteiger partial charge in [0.1, 0.15) is 0 Å². The number of pyridine rings is 1. The number of amides is 1. The van der Waals surface area contributed by atoms with Crippen molar-refractivity contribution in [3.05, 3.63) is 69.5 Å². The molecule has 5 nitrogen and oxygen atoms in total. The molecule has 1 amide bonds. The predicted octanol–water partition coefficient (Wildman–Crippen LogP) is 3.75. The summed E-state index contributed by atoms with van der Waals surface area (Å²) in [6.07, 6.45) is 5.51. The number of Topliss-reactive ketones (excluding diaryl/α,β-unsaturated/α-hetero) is 1. The number of anilines is 1. The summed E-state index contributed by atoms with van der Waals surface area (Å²) < 4.78 is 0. The maximum atomic E-state index is 13.1. The molecule has 0 saturated heterocycles. The van der Waals surface area contributed by atoms with Crippen LogP contribution in [0.2, 0.25) is 0 Å². The Morgan fingerprint density at radius 1 is 1.31 bits per heavy atom. The van der Waals surface area contributed by atoms with E-state index in [1.807, 2.05) is 24.4 Å². The molecular weight excluding hydrogens is 346 g/mol. The Kier molecular flexibility index (Phi) is 4.42. The molecule has 1 atom stereocenters. The average molecular weight is 365 g/mol. The molecule has 2 aromatic rings. The smallest absolute Gasteiger partial charge is 0.254 e. The van der Waals surface area contributed by atoms with E-state index in [1.165, 1.54) is 0 Å². The van der Waals surface area contributed by atoms with E-state index in [4.69, 9.17) is 0 Å². The number of nitrogens with one attached hydrogen (secondary N) is 2. The molecule has 132 valence electrons. The van der Waals surface area contributed by atoms with Gasteiger partial charge in [0.05, 0.1) is 17.8 Å². The van der Waals surface area contributed by atoms with Gasteiger partial charge in [0, 0.05) is 40.0 Å². The minimum absolute atomic E-state index is 0.135. The number of nitrogens with zero attached hydrogens (tertiary/aromatic N) is 1. The van der Waals surface area contributed by atoms with E-state index in [1.54, 1.807) is 35.9 Å². The Balaban J connectivity index is 1.76. The number of carbonyl (C=O) groups excluding carboxylic acids is 2. The summed E-state index contributed by atoms with van der Waals surface area (Å²) >= 11 is 1.58. The number of ketones is 1. The van der Waals surface area contributed by atoms with Crippen molar-refractivity contribution in [3.63, 3.8) is 0 Å². The van der Waals surface area contributed by atoms with Crippen LogP contribution in [0.15, 0.2) is 64.6 Å². The molecule has 2 N–H and O–H groups in total. The Labute approximate surface area is 155 Å². The summed E-state index contributed by atoms with van der Waals surface area (Å²) in [6, 6.07) is 7.53. The minimum Gasteiger partial charge on any atom is -0.362 e. The summed E-state index contributed by atoms with van der Waals surface area (Å²) in [5.41, 5.74) is 3.76. The van der Waals surface area contributed by atoms with Crippen LogP contribution in [0.3, 0.4) is 0 Å². The van der Waals surface area contributed by atoms with Crippen molar-refractivity contribution in [2.45, 2.75) is 32.1 Å². The maximum absolute atomic E-state index is 13.1. The highest BCUT2D eigenvalue weighted by Gasteiger charge is 2.38. The van der Waals surface area contributed by atoms with E-state index in [0.717, 1.165) is 34.7 Å². The van der Waals surface area contributed by atoms with E-state index in [2.05, 4.69) is 15.6 Å². The van der Waals surface area contributed by atoms with Gasteiger partial charge in [-0.25, -0.2) is 0 Å². The second-order valence-corrected chi connectivity index (χ2v) is 7.46. The highest BCUT2D eigenvalue weighted by Crippen LogP contribution is 2.43. The molecular formula is C20H19N3O2S. The van der Waals surface area contributed by atoms with Crippen LogP contribution in [0.4, 0.5) is 5.69 Å². The van der Waals surface area contributed by atoms with E-state index in [-0.39, 0.29) is 17.6 Å². The molecule has 4 rings (SSSR count). The lowest BCUT2D eigenvalue weighted by Gasteiger charge is -2.33. The molecule has 0 spiro atoms. The van der Waals surface area contributed by atoms with Crippen molar-refractivity contribution < 1.29 is 9.59 Å². The molecule has 0 bridgehead atoms. The molecule has 0 aromatic carbocycles. The SMILES string of the molecule is CC1=C(C(=O)Nc2cccnc2)C(c2cccs2)C2=C(CCCC2=O)N1. The number of hydrogen-bond acceptors (Lipinski definition) is 5. The fourth-order valence-corrected chi connectivity index (χ4v) is 4.50. The van der Waals surface area contributed by atoms with Gasteiger partial charge in [-0.05, 0) is 43.3 Å². The van der Waals surface area contributed by atoms with Crippen molar-refractivity contribution in [3.8, 4) is 0 Å². The first-order valence-electron chi connectivity index (χ1n) is 8.64. The molecule has 0 fully saturated rings. The standard InChI is InChI=1S/C20H19N3O2S/c1-12-17(20(25)23-13-5-3-9-21-11-13)19(16-8-4-10-26-16)18-14(22-12)6-2-7-15(18)24/h3-5,8-11,19,22H,2,6-7H2,1H3,(H,23,25). The molecule has 2 aliphatic rings. The molecule has 1 unspecified atom stereocenters. The summed E-state index contributed by atoms with van der Waals surface area (Å²) in [7, 11) is 0. The van der Waals surface area contributed by atoms with Gasteiger partial charge in [-0.15, -0.1) is 11.3 Å². The third-order valence-corrected chi connectivity index (χ3v) is 5.70. The Bertz CT molecular complexity index is 914. The van der Waals surface area contributed by atoms with Gasteiger partial charge in [0.25, 0.3) is 5.91 Å². The van der Waals surface area contributed by atoms with Gasteiger partial charge in [0.15, 0.2) is 5.78 Å². The highest BCUT2D eigenvalue weighted by molar-refractivity contribution is 7.10. The van der Waals surface area contributed by atoms with Crippen molar-refractivity contribution in [2.24, 2.45) is 0 Å². The molecule has 26 heavy (non-hydrogen) atoms. The molecule has 0 saturated carbocycles. The molecule has 3 heterocycles. The van der Waals surface area contributed by atoms with Crippen molar-refractivity contribution in [1.29, 1.82) is 0 Å². The number of carbonyl (C=O) groups is 2. The van der Waals surface area contributed by atoms with Crippen LogP contribution in [-0.4, -0.2) is 16.7 Å². The zero-order chi connectivity index (χ0) is 18.1. The van der Waals surface area contributed by atoms with Gasteiger partial charge in [-0.2, -0.15) is 0 Å². The van der Waals surface area contributed by atoms with Gasteiger partial charge < -0.3 is 10.6 Å². The van der Waals surface area contributed by atoms with Crippen LogP contribution < -0.4 is 10.6 Å². The first-order chi connectivity index (χ1) is 12.6. The summed E-state index contributed by atoms with van der Waals surface area (Å²) in [5.74, 6) is -0.377. The summed E-state index contributed by atoms with van der Waals surface area (Å²) in [6.45, 7) is 1.90. The molecule has 0 radical (unpaired) electrons. The predicted molar refractivity (Wildman–Crippen MR) is 102 cm³/mol. The zero-order valence-corrected chi connectivity index (χ0v) is 15.2. The zero-order valence-electron chi connectivity index (χ0n) is 14.4. The van der Waals surface area contributed by atoms with Gasteiger partial charge >= 0.3 is 0 Å². The third kappa shape index (κ3) is 2.97. The number of rotatable bonds is 3. The van der Waals surface area contributed by atoms with Crippen LogP contribution in [0.25, 0.3) is 0 Å². The maximum Gasteiger partial charge on any atom is 0.254 e. The number of allylic oxidation sites excluding steroid dienone is 3. The topological polar surface area (TPSA) is 71.1 Å². The summed E-state index contributed by atoms with van der Waals surface area (Å²) in [5, 5.41) is 8.22. The van der Waals surface area contributed by atoms with Crippen molar-refractivity contribution in [2.75, 3.05) is 5.32 Å². The van der Waals surface area contributed by atoms with E-state index >= 15 is 0 Å². The van der Waals surface area contributed by atoms with E-state index in [9.17, 15) is 9.59 Å². The van der Waals surface area contributed by atoms with E-state index in [0.29, 0.717) is 17.7 Å². The third-order valence-electron chi connectivity index (χ3n) is 4.77. The van der Waals surface area contributed by atoms with Crippen molar-refractivity contribution in [1.82, 2.24) is 10.3 Å². The highest BCUT2D eigenvalue weighted by atomic mass is 32.1. The number of thiophene rings is 1.